The summed E-state index contributed by atoms with van der Waals surface area (Å²) in [6.07, 6.45) is 11.6. The van der Waals surface area contributed by atoms with E-state index in [1.807, 2.05) is 0 Å². The van der Waals surface area contributed by atoms with Gasteiger partial charge in [0.1, 0.15) is 5.69 Å². The fourth-order valence-corrected chi connectivity index (χ4v) is 5.16. The fraction of sp³-hybridized carbons (Fsp3) is 0.550. The number of non-ortho nitro benzene ring substituents is 1. The molecule has 28 heavy (non-hydrogen) atoms. The van der Waals surface area contributed by atoms with Crippen LogP contribution in [0.2, 0.25) is 0 Å². The second-order valence-electron chi connectivity index (χ2n) is 7.98. The molecule has 148 valence electrons. The molecule has 0 aliphatic heterocycles. The Balaban J connectivity index is 1.61. The van der Waals surface area contributed by atoms with E-state index in [0.29, 0.717) is 17.8 Å². The standard InChI is InChI=1S/C20H24N4O4/c25-23(26)15-10-11-17(19(12-15)24(27)28)21-22-18-7-3-5-14-9-8-13-4-1-2-6-16(13)20(14)18/h8,10-12,14,16,20-21H,1-7,9H2/b22-18-/t14-,16-,20-/m1/s1. The lowest BCUT2D eigenvalue weighted by Gasteiger charge is -2.44. The van der Waals surface area contributed by atoms with Gasteiger partial charge in [-0.3, -0.25) is 25.7 Å². The molecule has 0 amide bonds. The van der Waals surface area contributed by atoms with Crippen LogP contribution in [-0.2, 0) is 0 Å². The Morgan fingerprint density at radius 3 is 2.68 bits per heavy atom. The predicted octanol–water partition coefficient (Wildman–Crippen LogP) is 5.21. The second kappa shape index (κ2) is 7.69. The minimum Gasteiger partial charge on any atom is -0.272 e. The molecule has 0 spiro atoms. The molecule has 0 heterocycles. The summed E-state index contributed by atoms with van der Waals surface area (Å²) >= 11 is 0. The number of hydrogen-bond donors (Lipinski definition) is 1. The minimum absolute atomic E-state index is 0.195. The summed E-state index contributed by atoms with van der Waals surface area (Å²) in [5, 5.41) is 26.9. The van der Waals surface area contributed by atoms with Crippen LogP contribution in [0.25, 0.3) is 0 Å². The van der Waals surface area contributed by atoms with Gasteiger partial charge in [-0.25, -0.2) is 0 Å². The average Bonchev–Trinajstić information content (AvgIpc) is 2.71. The fourth-order valence-electron chi connectivity index (χ4n) is 5.16. The van der Waals surface area contributed by atoms with Gasteiger partial charge in [0.2, 0.25) is 0 Å². The molecule has 0 bridgehead atoms. The lowest BCUT2D eigenvalue weighted by Crippen LogP contribution is -2.39. The number of hydrogen-bond acceptors (Lipinski definition) is 6. The zero-order chi connectivity index (χ0) is 19.7. The van der Waals surface area contributed by atoms with E-state index in [-0.39, 0.29) is 17.1 Å². The molecule has 1 aromatic rings. The molecule has 2 saturated carbocycles. The third-order valence-corrected chi connectivity index (χ3v) is 6.43. The topological polar surface area (TPSA) is 111 Å². The number of allylic oxidation sites excluding steroid dienone is 2. The van der Waals surface area contributed by atoms with Crippen molar-refractivity contribution in [3.63, 3.8) is 0 Å². The van der Waals surface area contributed by atoms with E-state index >= 15 is 0 Å². The number of hydrazone groups is 1. The molecule has 0 radical (unpaired) electrons. The van der Waals surface area contributed by atoms with Gasteiger partial charge in [0.15, 0.2) is 0 Å². The van der Waals surface area contributed by atoms with Crippen LogP contribution in [0.4, 0.5) is 17.1 Å². The first-order valence-corrected chi connectivity index (χ1v) is 9.99. The number of benzene rings is 1. The normalized spacial score (nSPS) is 28.1. The maximum absolute atomic E-state index is 11.4. The van der Waals surface area contributed by atoms with Crippen molar-refractivity contribution < 1.29 is 9.85 Å². The summed E-state index contributed by atoms with van der Waals surface area (Å²) in [7, 11) is 0. The van der Waals surface area contributed by atoms with Crippen molar-refractivity contribution in [1.82, 2.24) is 0 Å². The first kappa shape index (κ1) is 18.6. The number of nitro groups is 2. The number of nitro benzene ring substituents is 2. The van der Waals surface area contributed by atoms with E-state index in [9.17, 15) is 20.2 Å². The maximum Gasteiger partial charge on any atom is 0.301 e. The first-order valence-electron chi connectivity index (χ1n) is 9.99. The van der Waals surface area contributed by atoms with Gasteiger partial charge in [0, 0.05) is 17.7 Å². The Hall–Kier alpha value is -2.77. The molecular formula is C20H24N4O4. The van der Waals surface area contributed by atoms with Gasteiger partial charge in [0.25, 0.3) is 5.69 Å². The molecule has 8 heteroatoms. The molecule has 1 aromatic carbocycles. The number of nitrogens with zero attached hydrogens (tertiary/aromatic N) is 3. The number of nitrogens with one attached hydrogen (secondary N) is 1. The quantitative estimate of drug-likeness (QED) is 0.435. The molecule has 3 aliphatic rings. The SMILES string of the molecule is O=[N+]([O-])c1ccc(N/N=C2/CCC[C@@H]3CC=C4CCCC[C@H]4[C@H]23)c([N+](=O)[O-])c1. The maximum atomic E-state index is 11.4. The zero-order valence-electron chi connectivity index (χ0n) is 15.7. The average molecular weight is 384 g/mol. The summed E-state index contributed by atoms with van der Waals surface area (Å²) in [4.78, 5) is 21.0. The van der Waals surface area contributed by atoms with E-state index in [1.54, 1.807) is 5.57 Å². The van der Waals surface area contributed by atoms with Gasteiger partial charge in [-0.2, -0.15) is 5.10 Å². The molecule has 3 atom stereocenters. The Bertz CT molecular complexity index is 864. The Morgan fingerprint density at radius 2 is 1.89 bits per heavy atom. The van der Waals surface area contributed by atoms with Crippen LogP contribution in [0.5, 0.6) is 0 Å². The Morgan fingerprint density at radius 1 is 1.04 bits per heavy atom. The lowest BCUT2D eigenvalue weighted by molar-refractivity contribution is -0.393. The molecule has 2 fully saturated rings. The summed E-state index contributed by atoms with van der Waals surface area (Å²) in [5.74, 6) is 1.58. The highest BCUT2D eigenvalue weighted by Crippen LogP contribution is 2.47. The van der Waals surface area contributed by atoms with Gasteiger partial charge in [-0.15, -0.1) is 0 Å². The van der Waals surface area contributed by atoms with Gasteiger partial charge >= 0.3 is 5.69 Å². The van der Waals surface area contributed by atoms with Crippen LogP contribution in [0.1, 0.15) is 51.4 Å². The second-order valence-corrected chi connectivity index (χ2v) is 7.98. The zero-order valence-corrected chi connectivity index (χ0v) is 15.7. The molecule has 1 N–H and O–H groups in total. The van der Waals surface area contributed by atoms with Crippen LogP contribution >= 0.6 is 0 Å². The molecule has 0 unspecified atom stereocenters. The molecular weight excluding hydrogens is 360 g/mol. The van der Waals surface area contributed by atoms with Crippen LogP contribution in [0.3, 0.4) is 0 Å². The van der Waals surface area contributed by atoms with Crippen molar-refractivity contribution in [1.29, 1.82) is 0 Å². The number of anilines is 1. The van der Waals surface area contributed by atoms with Crippen LogP contribution in [0, 0.1) is 38.0 Å². The highest BCUT2D eigenvalue weighted by atomic mass is 16.6. The summed E-state index contributed by atoms with van der Waals surface area (Å²) < 4.78 is 0. The van der Waals surface area contributed by atoms with Crippen LogP contribution in [0.15, 0.2) is 34.9 Å². The lowest BCUT2D eigenvalue weighted by atomic mass is 9.61. The van der Waals surface area contributed by atoms with E-state index in [0.717, 1.165) is 31.0 Å². The number of rotatable bonds is 4. The largest absolute Gasteiger partial charge is 0.301 e. The molecule has 0 saturated heterocycles. The van der Waals surface area contributed by atoms with Crippen molar-refractivity contribution >= 4 is 22.8 Å². The summed E-state index contributed by atoms with van der Waals surface area (Å²) in [6.45, 7) is 0. The molecule has 4 rings (SSSR count). The third kappa shape index (κ3) is 3.50. The van der Waals surface area contributed by atoms with Gasteiger partial charge in [0.05, 0.1) is 15.9 Å². The summed E-state index contributed by atoms with van der Waals surface area (Å²) in [6, 6.07) is 3.62. The van der Waals surface area contributed by atoms with E-state index in [4.69, 9.17) is 0 Å². The Kier molecular flexibility index (Phi) is 5.11. The first-order chi connectivity index (χ1) is 13.5. The monoisotopic (exact) mass is 384 g/mol. The predicted molar refractivity (Wildman–Crippen MR) is 106 cm³/mol. The molecule has 3 aliphatic carbocycles. The van der Waals surface area contributed by atoms with Crippen LogP contribution < -0.4 is 5.43 Å². The van der Waals surface area contributed by atoms with E-state index in [1.165, 1.54) is 44.2 Å². The van der Waals surface area contributed by atoms with Gasteiger partial charge in [-0.1, -0.05) is 18.1 Å². The van der Waals surface area contributed by atoms with Gasteiger partial charge < -0.3 is 0 Å². The Labute approximate surface area is 163 Å². The van der Waals surface area contributed by atoms with Crippen molar-refractivity contribution in [2.24, 2.45) is 22.9 Å². The minimum atomic E-state index is -0.632. The van der Waals surface area contributed by atoms with Crippen molar-refractivity contribution in [3.05, 3.63) is 50.1 Å². The highest BCUT2D eigenvalue weighted by molar-refractivity contribution is 5.89. The summed E-state index contributed by atoms with van der Waals surface area (Å²) in [5.41, 5.74) is 5.10. The van der Waals surface area contributed by atoms with Crippen molar-refractivity contribution in [3.8, 4) is 0 Å². The van der Waals surface area contributed by atoms with Crippen LogP contribution in [-0.4, -0.2) is 15.6 Å². The smallest absolute Gasteiger partial charge is 0.272 e. The molecule has 0 aromatic heterocycles. The van der Waals surface area contributed by atoms with Crippen molar-refractivity contribution in [2.75, 3.05) is 5.43 Å². The number of fused-ring (bicyclic) bond motifs is 3. The van der Waals surface area contributed by atoms with Gasteiger partial charge in [-0.05, 0) is 62.8 Å². The van der Waals surface area contributed by atoms with E-state index in [2.05, 4.69) is 16.6 Å². The molecule has 8 nitrogen and oxygen atoms in total. The third-order valence-electron chi connectivity index (χ3n) is 6.43. The highest BCUT2D eigenvalue weighted by Gasteiger charge is 2.40. The van der Waals surface area contributed by atoms with Crippen molar-refractivity contribution in [2.45, 2.75) is 51.4 Å². The van der Waals surface area contributed by atoms with E-state index < -0.39 is 9.85 Å².